The average molecular weight is 713 g/mol. The lowest BCUT2D eigenvalue weighted by Crippen LogP contribution is -1.83. The van der Waals surface area contributed by atoms with Crippen LogP contribution in [-0.2, 0) is 0 Å². The molecule has 0 bridgehead atoms. The second-order valence-corrected chi connectivity index (χ2v) is 14.9. The van der Waals surface area contributed by atoms with Crippen molar-refractivity contribution in [1.29, 1.82) is 0 Å². The number of hydrogen-bond donors (Lipinski definition) is 0. The fourth-order valence-corrected chi connectivity index (χ4v) is 8.84. The average Bonchev–Trinajstić information content (AvgIpc) is 3.80. The summed E-state index contributed by atoms with van der Waals surface area (Å²) >= 11 is 0. The maximum Gasteiger partial charge on any atom is 0.136 e. The summed E-state index contributed by atoms with van der Waals surface area (Å²) in [5.41, 5.74) is 13.0. The fourth-order valence-electron chi connectivity index (χ4n) is 8.84. The minimum atomic E-state index is 0.873. The van der Waals surface area contributed by atoms with Crippen molar-refractivity contribution >= 4 is 76.2 Å². The molecule has 0 aliphatic heterocycles. The van der Waals surface area contributed by atoms with Crippen LogP contribution in [0.1, 0.15) is 0 Å². The Morgan fingerprint density at radius 3 is 1.12 bits per heavy atom. The molecule has 0 aliphatic rings. The quantitative estimate of drug-likeness (QED) is 0.182. The molecule has 10 aromatic carbocycles. The van der Waals surface area contributed by atoms with Gasteiger partial charge in [0.1, 0.15) is 22.3 Å². The molecule has 260 valence electrons. The highest BCUT2D eigenvalue weighted by Crippen LogP contribution is 2.40. The van der Waals surface area contributed by atoms with Gasteiger partial charge in [-0.2, -0.15) is 0 Å². The van der Waals surface area contributed by atoms with E-state index in [1.807, 2.05) is 0 Å². The first-order valence-electron chi connectivity index (χ1n) is 19.1. The van der Waals surface area contributed by atoms with Crippen LogP contribution < -0.4 is 0 Å². The van der Waals surface area contributed by atoms with Crippen molar-refractivity contribution in [2.45, 2.75) is 0 Å². The molecule has 12 rings (SSSR count). The van der Waals surface area contributed by atoms with Gasteiger partial charge in [-0.05, 0) is 137 Å². The van der Waals surface area contributed by atoms with Gasteiger partial charge in [0.25, 0.3) is 0 Å². The summed E-state index contributed by atoms with van der Waals surface area (Å²) in [6, 6.07) is 69.8. The Labute approximate surface area is 322 Å². The van der Waals surface area contributed by atoms with Gasteiger partial charge in [-0.3, -0.25) is 0 Å². The Morgan fingerprint density at radius 1 is 0.214 bits per heavy atom. The second-order valence-electron chi connectivity index (χ2n) is 14.9. The molecule has 0 radical (unpaired) electrons. The van der Waals surface area contributed by atoms with Gasteiger partial charge in [0.2, 0.25) is 0 Å². The lowest BCUT2D eigenvalue weighted by atomic mass is 9.95. The molecule has 0 amide bonds. The molecule has 56 heavy (non-hydrogen) atoms. The number of benzene rings is 10. The van der Waals surface area contributed by atoms with E-state index in [0.717, 1.165) is 76.9 Å². The molecule has 0 N–H and O–H groups in total. The lowest BCUT2D eigenvalue weighted by molar-refractivity contribution is 0.669. The Kier molecular flexibility index (Phi) is 6.66. The van der Waals surface area contributed by atoms with Gasteiger partial charge in [-0.15, -0.1) is 0 Å². The van der Waals surface area contributed by atoms with E-state index >= 15 is 0 Å². The summed E-state index contributed by atoms with van der Waals surface area (Å²) in [6.07, 6.45) is 0. The minimum Gasteiger partial charge on any atom is -0.456 e. The molecular weight excluding hydrogens is 681 g/mol. The van der Waals surface area contributed by atoms with E-state index in [1.54, 1.807) is 0 Å². The predicted molar refractivity (Wildman–Crippen MR) is 235 cm³/mol. The van der Waals surface area contributed by atoms with Crippen molar-refractivity contribution in [1.82, 2.24) is 0 Å². The number of fused-ring (bicyclic) bond motifs is 9. The fraction of sp³-hybridized carbons (Fsp3) is 0. The van der Waals surface area contributed by atoms with Crippen LogP contribution in [0.5, 0.6) is 0 Å². The van der Waals surface area contributed by atoms with E-state index in [1.165, 1.54) is 43.8 Å². The van der Waals surface area contributed by atoms with Crippen molar-refractivity contribution in [3.63, 3.8) is 0 Å². The topological polar surface area (TPSA) is 26.3 Å². The highest BCUT2D eigenvalue weighted by Gasteiger charge is 2.15. The molecule has 12 aromatic rings. The standard InChI is InChI=1S/C54H32O2/c1-3-17-43-33(9-1)11-7-19-45(43)39-15-5-13-35(25-39)37-21-23-47-49-27-41-28-50-48-24-22-38(30-52(48)56-54(50)32-42(41)31-53(49)55-51(47)29-37)36-14-6-16-40(26-36)46-20-8-12-34-10-2-4-18-44(34)46/h1-32H. The summed E-state index contributed by atoms with van der Waals surface area (Å²) in [5.74, 6) is 0. The molecular formula is C54H32O2. The third kappa shape index (κ3) is 4.90. The molecule has 2 heterocycles. The van der Waals surface area contributed by atoms with E-state index < -0.39 is 0 Å². The van der Waals surface area contributed by atoms with Crippen LogP contribution >= 0.6 is 0 Å². The summed E-state index contributed by atoms with van der Waals surface area (Å²) in [4.78, 5) is 0. The van der Waals surface area contributed by atoms with E-state index in [9.17, 15) is 0 Å². The van der Waals surface area contributed by atoms with Crippen LogP contribution in [0.2, 0.25) is 0 Å². The lowest BCUT2D eigenvalue weighted by Gasteiger charge is -2.09. The van der Waals surface area contributed by atoms with Crippen molar-refractivity contribution in [2.75, 3.05) is 0 Å². The van der Waals surface area contributed by atoms with Gasteiger partial charge in [0, 0.05) is 21.5 Å². The maximum absolute atomic E-state index is 6.57. The third-order valence-corrected chi connectivity index (χ3v) is 11.6. The predicted octanol–water partition coefficient (Wildman–Crippen LogP) is 15.6. The first-order chi connectivity index (χ1) is 27.7. The molecule has 0 saturated heterocycles. The van der Waals surface area contributed by atoms with Gasteiger partial charge in [0.05, 0.1) is 0 Å². The van der Waals surface area contributed by atoms with E-state index in [0.29, 0.717) is 0 Å². The molecule has 2 nitrogen and oxygen atoms in total. The zero-order valence-corrected chi connectivity index (χ0v) is 30.3. The van der Waals surface area contributed by atoms with Crippen molar-refractivity contribution < 1.29 is 8.83 Å². The van der Waals surface area contributed by atoms with Gasteiger partial charge >= 0.3 is 0 Å². The summed E-state index contributed by atoms with van der Waals surface area (Å²) in [7, 11) is 0. The van der Waals surface area contributed by atoms with Gasteiger partial charge < -0.3 is 8.83 Å². The number of hydrogen-bond acceptors (Lipinski definition) is 2. The van der Waals surface area contributed by atoms with E-state index in [-0.39, 0.29) is 0 Å². The molecule has 0 unspecified atom stereocenters. The molecule has 2 aromatic heterocycles. The number of rotatable bonds is 4. The molecule has 0 aliphatic carbocycles. The van der Waals surface area contributed by atoms with Gasteiger partial charge in [0.15, 0.2) is 0 Å². The highest BCUT2D eigenvalue weighted by atomic mass is 16.3. The Balaban J connectivity index is 0.907. The smallest absolute Gasteiger partial charge is 0.136 e. The minimum absolute atomic E-state index is 0.873. The molecule has 0 spiro atoms. The third-order valence-electron chi connectivity index (χ3n) is 11.6. The normalized spacial score (nSPS) is 11.9. The van der Waals surface area contributed by atoms with Crippen LogP contribution in [0.15, 0.2) is 203 Å². The zero-order chi connectivity index (χ0) is 36.7. The van der Waals surface area contributed by atoms with Crippen molar-refractivity contribution in [3.05, 3.63) is 194 Å². The molecule has 0 fully saturated rings. The van der Waals surface area contributed by atoms with Crippen LogP contribution in [0.3, 0.4) is 0 Å². The van der Waals surface area contributed by atoms with Crippen molar-refractivity contribution in [3.8, 4) is 44.5 Å². The van der Waals surface area contributed by atoms with E-state index in [2.05, 4.69) is 194 Å². The Hall–Kier alpha value is -7.42. The SMILES string of the molecule is c1cc(-c2ccc3c(c2)oc2cc4cc5oc6cc(-c7cccc(-c8cccc9ccccc89)c7)ccc6c5cc4cc23)cc(-c2cccc3ccccc23)c1. The molecule has 2 heteroatoms. The second kappa shape index (κ2) is 12.0. The zero-order valence-electron chi connectivity index (χ0n) is 30.3. The Bertz CT molecular complexity index is 3300. The molecule has 0 saturated carbocycles. The maximum atomic E-state index is 6.57. The van der Waals surface area contributed by atoms with Crippen LogP contribution in [0.4, 0.5) is 0 Å². The Morgan fingerprint density at radius 2 is 0.607 bits per heavy atom. The van der Waals surface area contributed by atoms with Crippen LogP contribution in [-0.4, -0.2) is 0 Å². The first kappa shape index (κ1) is 31.0. The van der Waals surface area contributed by atoms with E-state index in [4.69, 9.17) is 8.83 Å². The van der Waals surface area contributed by atoms with Gasteiger partial charge in [-0.25, -0.2) is 0 Å². The van der Waals surface area contributed by atoms with Crippen molar-refractivity contribution in [2.24, 2.45) is 0 Å². The molecule has 0 atom stereocenters. The largest absolute Gasteiger partial charge is 0.456 e. The summed E-state index contributed by atoms with van der Waals surface area (Å²) in [6.45, 7) is 0. The van der Waals surface area contributed by atoms with Crippen LogP contribution in [0.25, 0.3) is 121 Å². The first-order valence-corrected chi connectivity index (χ1v) is 19.1. The van der Waals surface area contributed by atoms with Crippen LogP contribution in [0, 0.1) is 0 Å². The summed E-state index contributed by atoms with van der Waals surface area (Å²) in [5, 5.41) is 11.7. The monoisotopic (exact) mass is 712 g/mol. The summed E-state index contributed by atoms with van der Waals surface area (Å²) < 4.78 is 13.1. The highest BCUT2D eigenvalue weighted by molar-refractivity contribution is 6.15. The van der Waals surface area contributed by atoms with Gasteiger partial charge in [-0.1, -0.05) is 133 Å². The number of furan rings is 2.